The van der Waals surface area contributed by atoms with E-state index in [9.17, 15) is 10.4 Å². The monoisotopic (exact) mass is 454 g/mol. The largest absolute Gasteiger partial charge is 0.496 e. The van der Waals surface area contributed by atoms with Crippen molar-refractivity contribution in [2.45, 2.75) is 51.4 Å². The average molecular weight is 455 g/mol. The number of methoxy groups -OCH3 is 2. The van der Waals surface area contributed by atoms with Crippen molar-refractivity contribution in [3.05, 3.63) is 58.1 Å². The lowest BCUT2D eigenvalue weighted by molar-refractivity contribution is -0.0504. The van der Waals surface area contributed by atoms with E-state index in [1.165, 1.54) is 0 Å². The van der Waals surface area contributed by atoms with Gasteiger partial charge in [0.2, 0.25) is 0 Å². The zero-order chi connectivity index (χ0) is 23.5. The quantitative estimate of drug-likeness (QED) is 0.434. The number of nitrogens with zero attached hydrogens (tertiary/aromatic N) is 2. The fraction of sp³-hybridized carbons (Fsp3) is 0.480. The van der Waals surface area contributed by atoms with Crippen LogP contribution in [0.2, 0.25) is 25.7 Å². The van der Waals surface area contributed by atoms with Gasteiger partial charge in [0.05, 0.1) is 44.1 Å². The van der Waals surface area contributed by atoms with Crippen molar-refractivity contribution in [2.24, 2.45) is 0 Å². The Hall–Kier alpha value is -2.37. The first-order valence-electron chi connectivity index (χ1n) is 11.0. The van der Waals surface area contributed by atoms with Crippen LogP contribution in [0.25, 0.3) is 0 Å². The Morgan fingerprint density at radius 3 is 2.38 bits per heavy atom. The Morgan fingerprint density at radius 1 is 1.16 bits per heavy atom. The normalized spacial score (nSPS) is 17.0. The van der Waals surface area contributed by atoms with Crippen molar-refractivity contribution in [1.29, 1.82) is 5.26 Å². The number of hydrogen-bond acceptors (Lipinski definition) is 6. The zero-order valence-corrected chi connectivity index (χ0v) is 20.9. The van der Waals surface area contributed by atoms with Crippen LogP contribution in [-0.2, 0) is 11.3 Å². The van der Waals surface area contributed by atoms with Crippen LogP contribution < -0.4 is 9.47 Å². The number of fused-ring (bicyclic) bond motifs is 1. The predicted octanol–water partition coefficient (Wildman–Crippen LogP) is 4.79. The van der Waals surface area contributed by atoms with Crippen LogP contribution in [0.15, 0.2) is 30.3 Å². The first-order valence-corrected chi connectivity index (χ1v) is 14.7. The molecule has 2 aromatic rings. The molecule has 2 aromatic carbocycles. The minimum atomic E-state index is -1.21. The van der Waals surface area contributed by atoms with Gasteiger partial charge in [-0.25, -0.2) is 0 Å². The van der Waals surface area contributed by atoms with E-state index < -0.39 is 14.3 Å². The lowest BCUT2D eigenvalue weighted by Crippen LogP contribution is -2.31. The molecule has 0 saturated carbocycles. The molecule has 0 fully saturated rings. The Balaban J connectivity index is 1.94. The number of aliphatic hydroxyl groups is 1. The molecule has 0 radical (unpaired) electrons. The summed E-state index contributed by atoms with van der Waals surface area (Å²) in [7, 11) is 1.99. The van der Waals surface area contributed by atoms with E-state index in [2.05, 4.69) is 25.7 Å². The summed E-state index contributed by atoms with van der Waals surface area (Å²) in [6, 6.07) is 12.6. The molecule has 0 amide bonds. The summed E-state index contributed by atoms with van der Waals surface area (Å²) >= 11 is 0. The Morgan fingerprint density at radius 2 is 1.81 bits per heavy atom. The Bertz CT molecular complexity index is 971. The highest BCUT2D eigenvalue weighted by atomic mass is 28.3. The molecule has 0 bridgehead atoms. The van der Waals surface area contributed by atoms with E-state index >= 15 is 0 Å². The second kappa shape index (κ2) is 10.0. The van der Waals surface area contributed by atoms with Crippen LogP contribution in [0.5, 0.6) is 11.5 Å². The van der Waals surface area contributed by atoms with Crippen molar-refractivity contribution in [3.63, 3.8) is 0 Å². The molecule has 2 unspecified atom stereocenters. The van der Waals surface area contributed by atoms with Crippen LogP contribution in [0, 0.1) is 18.3 Å². The number of rotatable bonds is 9. The maximum absolute atomic E-state index is 11.5. The van der Waals surface area contributed by atoms with E-state index in [1.54, 1.807) is 14.2 Å². The predicted molar refractivity (Wildman–Crippen MR) is 128 cm³/mol. The van der Waals surface area contributed by atoms with Crippen LogP contribution in [0.3, 0.4) is 0 Å². The molecule has 2 atom stereocenters. The van der Waals surface area contributed by atoms with E-state index in [0.717, 1.165) is 22.7 Å². The van der Waals surface area contributed by atoms with Gasteiger partial charge < -0.3 is 19.3 Å². The van der Waals surface area contributed by atoms with Gasteiger partial charge in [-0.3, -0.25) is 4.90 Å². The smallest absolute Gasteiger partial charge is 0.141 e. The van der Waals surface area contributed by atoms with Crippen LogP contribution in [-0.4, -0.2) is 45.5 Å². The third-order valence-electron chi connectivity index (χ3n) is 5.92. The second-order valence-corrected chi connectivity index (χ2v) is 15.2. The highest BCUT2D eigenvalue weighted by Crippen LogP contribution is 2.44. The summed E-state index contributed by atoms with van der Waals surface area (Å²) in [5.74, 6) is 1.17. The van der Waals surface area contributed by atoms with Gasteiger partial charge in [0.15, 0.2) is 0 Å². The van der Waals surface area contributed by atoms with E-state index in [0.29, 0.717) is 42.4 Å². The minimum Gasteiger partial charge on any atom is -0.496 e. The van der Waals surface area contributed by atoms with Crippen LogP contribution in [0.4, 0.5) is 0 Å². The molecular weight excluding hydrogens is 420 g/mol. The van der Waals surface area contributed by atoms with Gasteiger partial charge >= 0.3 is 0 Å². The van der Waals surface area contributed by atoms with Crippen molar-refractivity contribution >= 4 is 8.07 Å². The van der Waals surface area contributed by atoms with E-state index in [1.807, 2.05) is 42.2 Å². The summed E-state index contributed by atoms with van der Waals surface area (Å²) in [5, 5.41) is 20.9. The molecule has 1 heterocycles. The van der Waals surface area contributed by atoms with E-state index in [-0.39, 0.29) is 6.04 Å². The maximum atomic E-state index is 11.5. The van der Waals surface area contributed by atoms with Crippen LogP contribution in [0.1, 0.15) is 40.1 Å². The molecule has 0 aromatic heterocycles. The molecule has 7 heteroatoms. The molecule has 32 heavy (non-hydrogen) atoms. The van der Waals surface area contributed by atoms with Gasteiger partial charge in [-0.05, 0) is 53.9 Å². The van der Waals surface area contributed by atoms with Gasteiger partial charge in [0, 0.05) is 21.2 Å². The standard InChI is InChI=1S/C25H34N2O4Si/c1-17-11-22(29-2)24(23(12-17)30-3)25(28)27-15-19-8-7-18(14-26)13-20(19)21(27)16-31-9-10-32(4,5)6/h7-8,11-13,21,25,28H,9-10,15-16H2,1-6H3. The summed E-state index contributed by atoms with van der Waals surface area (Å²) in [6.07, 6.45) is -0.955. The van der Waals surface area contributed by atoms with Gasteiger partial charge in [0.1, 0.15) is 17.7 Å². The molecule has 6 nitrogen and oxygen atoms in total. The molecule has 172 valence electrons. The highest BCUT2D eigenvalue weighted by Gasteiger charge is 2.37. The molecule has 0 spiro atoms. The van der Waals surface area contributed by atoms with Crippen molar-refractivity contribution in [2.75, 3.05) is 27.4 Å². The average Bonchev–Trinajstić information content (AvgIpc) is 3.12. The Kier molecular flexibility index (Phi) is 7.62. The second-order valence-electron chi connectivity index (χ2n) is 9.56. The molecule has 1 aliphatic heterocycles. The number of ether oxygens (including phenoxy) is 3. The maximum Gasteiger partial charge on any atom is 0.141 e. The third-order valence-corrected chi connectivity index (χ3v) is 7.62. The number of nitriles is 1. The first-order chi connectivity index (χ1) is 15.2. The molecular formula is C25H34N2O4Si. The number of aryl methyl sites for hydroxylation is 1. The topological polar surface area (TPSA) is 75.0 Å². The van der Waals surface area contributed by atoms with Gasteiger partial charge in [-0.15, -0.1) is 0 Å². The Labute approximate surface area is 192 Å². The summed E-state index contributed by atoms with van der Waals surface area (Å²) in [5.41, 5.74) is 4.32. The summed E-state index contributed by atoms with van der Waals surface area (Å²) in [4.78, 5) is 2.00. The minimum absolute atomic E-state index is 0.175. The fourth-order valence-corrected chi connectivity index (χ4v) is 4.87. The molecule has 0 saturated heterocycles. The zero-order valence-electron chi connectivity index (χ0n) is 19.9. The number of aliphatic hydroxyl groups excluding tert-OH is 1. The SMILES string of the molecule is COc1cc(C)cc(OC)c1C(O)N1Cc2ccc(C#N)cc2C1COCC[Si](C)(C)C. The third kappa shape index (κ3) is 5.33. The molecule has 3 rings (SSSR count). The lowest BCUT2D eigenvalue weighted by atomic mass is 10.0. The summed E-state index contributed by atoms with van der Waals surface area (Å²) < 4.78 is 17.3. The fourth-order valence-electron chi connectivity index (χ4n) is 4.11. The van der Waals surface area contributed by atoms with E-state index in [4.69, 9.17) is 14.2 Å². The van der Waals surface area contributed by atoms with Gasteiger partial charge in [-0.1, -0.05) is 25.7 Å². The molecule has 0 aliphatic carbocycles. The van der Waals surface area contributed by atoms with Gasteiger partial charge in [0.25, 0.3) is 0 Å². The highest BCUT2D eigenvalue weighted by molar-refractivity contribution is 6.76. The van der Waals surface area contributed by atoms with Crippen LogP contribution >= 0.6 is 0 Å². The first kappa shape index (κ1) is 24.3. The number of benzene rings is 2. The number of hydrogen-bond donors (Lipinski definition) is 1. The summed E-state index contributed by atoms with van der Waals surface area (Å²) in [6.45, 7) is 10.6. The van der Waals surface area contributed by atoms with Crippen molar-refractivity contribution < 1.29 is 19.3 Å². The molecule has 1 N–H and O–H groups in total. The van der Waals surface area contributed by atoms with Crippen molar-refractivity contribution in [3.8, 4) is 17.6 Å². The van der Waals surface area contributed by atoms with Crippen molar-refractivity contribution in [1.82, 2.24) is 4.90 Å². The molecule has 1 aliphatic rings. The van der Waals surface area contributed by atoms with Gasteiger partial charge in [-0.2, -0.15) is 5.26 Å². The lowest BCUT2D eigenvalue weighted by Gasteiger charge is -2.32.